The minimum Gasteiger partial charge on any atom is -0.373 e. The molecule has 0 amide bonds. The van der Waals surface area contributed by atoms with Crippen LogP contribution < -0.4 is 5.90 Å². The third-order valence-corrected chi connectivity index (χ3v) is 0.806. The van der Waals surface area contributed by atoms with E-state index in [0.717, 1.165) is 0 Å². The molecule has 0 saturated heterocycles. The van der Waals surface area contributed by atoms with Crippen molar-refractivity contribution in [3.63, 3.8) is 0 Å². The zero-order chi connectivity index (χ0) is 7.49. The van der Waals surface area contributed by atoms with E-state index in [9.17, 15) is 4.79 Å². The number of nitrogens with two attached hydrogens (primary N) is 1. The molecule has 0 heterocycles. The quantitative estimate of drug-likeness (QED) is 0.536. The molecule has 0 bridgehead atoms. The Bertz CT molecular complexity index is 104. The normalized spacial score (nSPS) is 11.1. The molecule has 3 heteroatoms. The maximum atomic E-state index is 10.5. The molecule has 3 nitrogen and oxygen atoms in total. The minimum absolute atomic E-state index is 0.0313. The first-order valence-corrected chi connectivity index (χ1v) is 2.85. The summed E-state index contributed by atoms with van der Waals surface area (Å²) in [6.07, 6.45) is 0.365. The van der Waals surface area contributed by atoms with Crippen molar-refractivity contribution in [1.29, 1.82) is 0 Å². The molecule has 0 aromatic rings. The maximum absolute atomic E-state index is 10.5. The molecule has 0 saturated carbocycles. The van der Waals surface area contributed by atoms with Gasteiger partial charge in [0.2, 0.25) is 0 Å². The molecule has 0 aromatic carbocycles. The molecule has 0 spiro atoms. The lowest BCUT2D eigenvalue weighted by molar-refractivity contribution is -0.146. The molecule has 0 aliphatic carbocycles. The van der Waals surface area contributed by atoms with Crippen LogP contribution in [0.3, 0.4) is 0 Å². The molecule has 0 radical (unpaired) electrons. The van der Waals surface area contributed by atoms with Gasteiger partial charge in [0, 0.05) is 0 Å². The second-order valence-electron chi connectivity index (χ2n) is 3.23. The Morgan fingerprint density at radius 2 is 2.00 bits per heavy atom. The van der Waals surface area contributed by atoms with Crippen LogP contribution in [0.5, 0.6) is 0 Å². The van der Waals surface area contributed by atoms with Gasteiger partial charge in [0.1, 0.15) is 0 Å². The summed E-state index contributed by atoms with van der Waals surface area (Å²) in [7, 11) is 0. The Morgan fingerprint density at radius 1 is 1.56 bits per heavy atom. The van der Waals surface area contributed by atoms with Gasteiger partial charge >= 0.3 is 5.97 Å². The van der Waals surface area contributed by atoms with Gasteiger partial charge in [-0.25, -0.2) is 0 Å². The first-order chi connectivity index (χ1) is 3.95. The van der Waals surface area contributed by atoms with Crippen molar-refractivity contribution in [1.82, 2.24) is 0 Å². The average Bonchev–Trinajstić information content (AvgIpc) is 1.62. The number of carbonyl (C=O) groups excluding carboxylic acids is 1. The summed E-state index contributed by atoms with van der Waals surface area (Å²) in [5, 5.41) is 0. The van der Waals surface area contributed by atoms with Gasteiger partial charge in [-0.1, -0.05) is 20.8 Å². The monoisotopic (exact) mass is 131 g/mol. The molecule has 54 valence electrons. The van der Waals surface area contributed by atoms with E-state index in [4.69, 9.17) is 0 Å². The van der Waals surface area contributed by atoms with E-state index in [-0.39, 0.29) is 11.4 Å². The van der Waals surface area contributed by atoms with E-state index < -0.39 is 0 Å². The highest BCUT2D eigenvalue weighted by molar-refractivity contribution is 5.69. The van der Waals surface area contributed by atoms with E-state index >= 15 is 0 Å². The fourth-order valence-corrected chi connectivity index (χ4v) is 0.475. The molecule has 2 N–H and O–H groups in total. The highest BCUT2D eigenvalue weighted by Gasteiger charge is 2.15. The second kappa shape index (κ2) is 2.82. The van der Waals surface area contributed by atoms with Crippen molar-refractivity contribution in [3.8, 4) is 0 Å². The Morgan fingerprint density at radius 3 is 2.11 bits per heavy atom. The molecule has 0 rings (SSSR count). The van der Waals surface area contributed by atoms with Crippen molar-refractivity contribution >= 4 is 5.97 Å². The second-order valence-corrected chi connectivity index (χ2v) is 3.23. The number of hydrogen-bond acceptors (Lipinski definition) is 3. The predicted molar refractivity (Wildman–Crippen MR) is 34.4 cm³/mol. The molecular formula is C6H13NO2. The Kier molecular flexibility index (Phi) is 2.65. The van der Waals surface area contributed by atoms with Crippen LogP contribution in [0, 0.1) is 5.41 Å². The summed E-state index contributed by atoms with van der Waals surface area (Å²) < 4.78 is 0. The zero-order valence-electron chi connectivity index (χ0n) is 6.10. The first-order valence-electron chi connectivity index (χ1n) is 2.85. The summed E-state index contributed by atoms with van der Waals surface area (Å²) in [6, 6.07) is 0. The summed E-state index contributed by atoms with van der Waals surface area (Å²) in [5.41, 5.74) is -0.0313. The van der Waals surface area contributed by atoms with Gasteiger partial charge < -0.3 is 4.84 Å². The fraction of sp³-hybridized carbons (Fsp3) is 0.833. The zero-order valence-corrected chi connectivity index (χ0v) is 6.10. The molecule has 9 heavy (non-hydrogen) atoms. The van der Waals surface area contributed by atoms with Crippen LogP contribution in [0.25, 0.3) is 0 Å². The van der Waals surface area contributed by atoms with Crippen LogP contribution in [0.1, 0.15) is 27.2 Å². The van der Waals surface area contributed by atoms with Gasteiger partial charge in [-0.3, -0.25) is 4.79 Å². The van der Waals surface area contributed by atoms with Crippen LogP contribution in [0.2, 0.25) is 0 Å². The summed E-state index contributed by atoms with van der Waals surface area (Å²) in [5.74, 6) is 4.27. The summed E-state index contributed by atoms with van der Waals surface area (Å²) >= 11 is 0. The van der Waals surface area contributed by atoms with Gasteiger partial charge in [-0.2, -0.15) is 5.90 Å². The van der Waals surface area contributed by atoms with Gasteiger partial charge in [-0.15, -0.1) is 0 Å². The third kappa shape index (κ3) is 5.30. The third-order valence-electron chi connectivity index (χ3n) is 0.806. The van der Waals surface area contributed by atoms with Crippen LogP contribution in [0.15, 0.2) is 0 Å². The molecule has 0 atom stereocenters. The standard InChI is InChI=1S/C6H13NO2/c1-6(2,3)4-5(8)9-7/h4,7H2,1-3H3. The fourth-order valence-electron chi connectivity index (χ4n) is 0.475. The molecule has 0 aliphatic rings. The highest BCUT2D eigenvalue weighted by Crippen LogP contribution is 2.18. The van der Waals surface area contributed by atoms with Gasteiger partial charge in [0.15, 0.2) is 0 Å². The number of carbonyl (C=O) groups is 1. The van der Waals surface area contributed by atoms with Crippen molar-refractivity contribution in [2.75, 3.05) is 0 Å². The highest BCUT2D eigenvalue weighted by atomic mass is 16.7. The lowest BCUT2D eigenvalue weighted by Crippen LogP contribution is -2.17. The van der Waals surface area contributed by atoms with Crippen molar-refractivity contribution in [2.24, 2.45) is 11.3 Å². The van der Waals surface area contributed by atoms with E-state index in [1.54, 1.807) is 0 Å². The van der Waals surface area contributed by atoms with E-state index in [1.165, 1.54) is 0 Å². The Labute approximate surface area is 55.1 Å². The van der Waals surface area contributed by atoms with E-state index in [0.29, 0.717) is 6.42 Å². The molecular weight excluding hydrogens is 118 g/mol. The molecule has 0 unspecified atom stereocenters. The Balaban J connectivity index is 3.60. The largest absolute Gasteiger partial charge is 0.373 e. The van der Waals surface area contributed by atoms with E-state index in [2.05, 4.69) is 10.7 Å². The van der Waals surface area contributed by atoms with Crippen molar-refractivity contribution < 1.29 is 9.63 Å². The van der Waals surface area contributed by atoms with Gasteiger partial charge in [0.25, 0.3) is 0 Å². The van der Waals surface area contributed by atoms with Crippen LogP contribution in [0.4, 0.5) is 0 Å². The molecule has 0 aromatic heterocycles. The summed E-state index contributed by atoms with van der Waals surface area (Å²) in [6.45, 7) is 5.84. The lowest BCUT2D eigenvalue weighted by atomic mass is 9.93. The minimum atomic E-state index is -0.359. The van der Waals surface area contributed by atoms with Gasteiger partial charge in [0.05, 0.1) is 6.42 Å². The summed E-state index contributed by atoms with van der Waals surface area (Å²) in [4.78, 5) is 14.5. The molecule has 0 fully saturated rings. The first kappa shape index (κ1) is 8.43. The average molecular weight is 131 g/mol. The maximum Gasteiger partial charge on any atom is 0.324 e. The van der Waals surface area contributed by atoms with Crippen LogP contribution in [-0.4, -0.2) is 5.97 Å². The number of rotatable bonds is 1. The van der Waals surface area contributed by atoms with Crippen molar-refractivity contribution in [2.45, 2.75) is 27.2 Å². The predicted octanol–water partition coefficient (Wildman–Crippen LogP) is 0.840. The van der Waals surface area contributed by atoms with Crippen LogP contribution >= 0.6 is 0 Å². The van der Waals surface area contributed by atoms with Crippen molar-refractivity contribution in [3.05, 3.63) is 0 Å². The van der Waals surface area contributed by atoms with Gasteiger partial charge in [-0.05, 0) is 5.41 Å². The molecule has 0 aliphatic heterocycles. The van der Waals surface area contributed by atoms with E-state index in [1.807, 2.05) is 20.8 Å². The Hall–Kier alpha value is -0.570. The topological polar surface area (TPSA) is 52.3 Å². The smallest absolute Gasteiger partial charge is 0.324 e. The SMILES string of the molecule is CC(C)(C)CC(=O)ON. The lowest BCUT2D eigenvalue weighted by Gasteiger charge is -2.14. The van der Waals surface area contributed by atoms with Crippen LogP contribution in [-0.2, 0) is 9.63 Å². The number of hydrogen-bond donors (Lipinski definition) is 1.